The monoisotopic (exact) mass is 278 g/mol. The first kappa shape index (κ1) is 14.8. The average molecular weight is 278 g/mol. The van der Waals surface area contributed by atoms with Gasteiger partial charge < -0.3 is 5.73 Å². The van der Waals surface area contributed by atoms with Gasteiger partial charge in [0.2, 0.25) is 0 Å². The lowest BCUT2D eigenvalue weighted by molar-refractivity contribution is 0.00324. The van der Waals surface area contributed by atoms with E-state index in [1.54, 1.807) is 0 Å². The summed E-state index contributed by atoms with van der Waals surface area (Å²) in [6, 6.07) is 0.844. The van der Waals surface area contributed by atoms with Crippen LogP contribution in [0.5, 0.6) is 0 Å². The number of nitrogens with zero attached hydrogens (tertiary/aromatic N) is 1. The lowest BCUT2D eigenvalue weighted by atomic mass is 9.78. The number of hydrogen-bond donors (Lipinski definition) is 1. The number of hydrogen-bond acceptors (Lipinski definition) is 2. The van der Waals surface area contributed by atoms with Gasteiger partial charge in [0.1, 0.15) is 0 Å². The normalized spacial score (nSPS) is 37.6. The molecule has 0 radical (unpaired) electrons. The van der Waals surface area contributed by atoms with Crippen LogP contribution in [0, 0.1) is 17.8 Å². The van der Waals surface area contributed by atoms with Gasteiger partial charge in [-0.1, -0.05) is 33.1 Å². The molecule has 3 aliphatic carbocycles. The van der Waals surface area contributed by atoms with E-state index in [-0.39, 0.29) is 0 Å². The minimum atomic E-state index is 0.382. The Morgan fingerprint density at radius 1 is 1.15 bits per heavy atom. The summed E-state index contributed by atoms with van der Waals surface area (Å²) in [5, 5.41) is 0. The Morgan fingerprint density at radius 2 is 1.90 bits per heavy atom. The summed E-state index contributed by atoms with van der Waals surface area (Å²) in [6.45, 7) is 6.93. The molecule has 3 atom stereocenters. The average Bonchev–Trinajstić information content (AvgIpc) is 3.15. The molecule has 2 N–H and O–H groups in total. The molecule has 3 saturated carbocycles. The van der Waals surface area contributed by atoms with Crippen LogP contribution < -0.4 is 5.73 Å². The first-order chi connectivity index (χ1) is 9.65. The van der Waals surface area contributed by atoms with Crippen LogP contribution in [0.15, 0.2) is 0 Å². The third kappa shape index (κ3) is 2.54. The van der Waals surface area contributed by atoms with E-state index in [2.05, 4.69) is 18.7 Å². The SMILES string of the molecule is CC(C)CCN(C1CCCC1)C1(CN)CC2CCC1C2. The Labute approximate surface area is 125 Å². The van der Waals surface area contributed by atoms with E-state index < -0.39 is 0 Å². The second-order valence-electron chi connectivity index (χ2n) is 8.20. The second kappa shape index (κ2) is 5.96. The highest BCUT2D eigenvalue weighted by Gasteiger charge is 2.54. The largest absolute Gasteiger partial charge is 0.329 e. The maximum absolute atomic E-state index is 6.39. The van der Waals surface area contributed by atoms with Crippen molar-refractivity contribution in [3.63, 3.8) is 0 Å². The minimum absolute atomic E-state index is 0.382. The predicted molar refractivity (Wildman–Crippen MR) is 85.7 cm³/mol. The highest BCUT2D eigenvalue weighted by atomic mass is 15.3. The van der Waals surface area contributed by atoms with Gasteiger partial charge in [0, 0.05) is 18.1 Å². The van der Waals surface area contributed by atoms with Crippen molar-refractivity contribution in [2.24, 2.45) is 23.5 Å². The molecule has 2 nitrogen and oxygen atoms in total. The molecular formula is C18H34N2. The summed E-state index contributed by atoms with van der Waals surface area (Å²) in [7, 11) is 0. The number of rotatable bonds is 6. The Hall–Kier alpha value is -0.0800. The maximum atomic E-state index is 6.39. The van der Waals surface area contributed by atoms with Crippen LogP contribution in [-0.2, 0) is 0 Å². The fourth-order valence-corrected chi connectivity index (χ4v) is 5.52. The van der Waals surface area contributed by atoms with Crippen molar-refractivity contribution in [3.8, 4) is 0 Å². The predicted octanol–water partition coefficient (Wildman–Crippen LogP) is 3.79. The lowest BCUT2D eigenvalue weighted by Crippen LogP contribution is -2.60. The molecule has 3 rings (SSSR count). The summed E-state index contributed by atoms with van der Waals surface area (Å²) >= 11 is 0. The molecule has 2 heteroatoms. The molecule has 2 bridgehead atoms. The summed E-state index contributed by atoms with van der Waals surface area (Å²) in [5.41, 5.74) is 6.77. The third-order valence-electron chi connectivity index (χ3n) is 6.58. The molecule has 0 amide bonds. The van der Waals surface area contributed by atoms with Crippen LogP contribution in [0.1, 0.15) is 71.6 Å². The highest BCUT2D eigenvalue weighted by Crippen LogP contribution is 2.54. The van der Waals surface area contributed by atoms with E-state index in [0.717, 1.165) is 30.3 Å². The van der Waals surface area contributed by atoms with Gasteiger partial charge in [-0.3, -0.25) is 4.90 Å². The molecule has 0 heterocycles. The summed E-state index contributed by atoms with van der Waals surface area (Å²) in [5.74, 6) is 2.71. The zero-order valence-corrected chi connectivity index (χ0v) is 13.6. The maximum Gasteiger partial charge on any atom is 0.0365 e. The van der Waals surface area contributed by atoms with Crippen molar-refractivity contribution in [3.05, 3.63) is 0 Å². The van der Waals surface area contributed by atoms with Crippen LogP contribution in [0.4, 0.5) is 0 Å². The van der Waals surface area contributed by atoms with Gasteiger partial charge in [-0.05, 0) is 62.8 Å². The summed E-state index contributed by atoms with van der Waals surface area (Å²) in [6.07, 6.45) is 12.9. The fourth-order valence-electron chi connectivity index (χ4n) is 5.52. The number of nitrogens with two attached hydrogens (primary N) is 1. The van der Waals surface area contributed by atoms with Crippen molar-refractivity contribution >= 4 is 0 Å². The van der Waals surface area contributed by atoms with Crippen LogP contribution in [0.2, 0.25) is 0 Å². The first-order valence-corrected chi connectivity index (χ1v) is 9.12. The summed E-state index contributed by atoms with van der Waals surface area (Å²) < 4.78 is 0. The topological polar surface area (TPSA) is 29.3 Å². The summed E-state index contributed by atoms with van der Waals surface area (Å²) in [4.78, 5) is 2.93. The van der Waals surface area contributed by atoms with Crippen molar-refractivity contribution < 1.29 is 0 Å². The van der Waals surface area contributed by atoms with E-state index in [1.807, 2.05) is 0 Å². The smallest absolute Gasteiger partial charge is 0.0365 e. The molecule has 3 aliphatic rings. The number of fused-ring (bicyclic) bond motifs is 2. The van der Waals surface area contributed by atoms with Crippen molar-refractivity contribution in [2.75, 3.05) is 13.1 Å². The molecule has 0 aromatic heterocycles. The van der Waals surface area contributed by atoms with Crippen molar-refractivity contribution in [2.45, 2.75) is 83.2 Å². The van der Waals surface area contributed by atoms with Gasteiger partial charge >= 0.3 is 0 Å². The van der Waals surface area contributed by atoms with Crippen LogP contribution >= 0.6 is 0 Å². The van der Waals surface area contributed by atoms with Crippen molar-refractivity contribution in [1.82, 2.24) is 4.90 Å². The molecule has 0 aromatic carbocycles. The van der Waals surface area contributed by atoms with Gasteiger partial charge in [-0.2, -0.15) is 0 Å². The zero-order valence-electron chi connectivity index (χ0n) is 13.6. The Kier molecular flexibility index (Phi) is 4.42. The van der Waals surface area contributed by atoms with Crippen molar-refractivity contribution in [1.29, 1.82) is 0 Å². The van der Waals surface area contributed by atoms with Gasteiger partial charge in [0.25, 0.3) is 0 Å². The molecule has 0 saturated heterocycles. The first-order valence-electron chi connectivity index (χ1n) is 9.12. The third-order valence-corrected chi connectivity index (χ3v) is 6.58. The minimum Gasteiger partial charge on any atom is -0.329 e. The standard InChI is InChI=1S/C18H34N2/c1-14(2)9-10-20(17-5-3-4-6-17)18(13-19)12-15-7-8-16(18)11-15/h14-17H,3-13,19H2,1-2H3. The van der Waals surface area contributed by atoms with E-state index in [9.17, 15) is 0 Å². The Morgan fingerprint density at radius 3 is 2.40 bits per heavy atom. The van der Waals surface area contributed by atoms with E-state index in [4.69, 9.17) is 5.73 Å². The van der Waals surface area contributed by atoms with Crippen LogP contribution in [0.3, 0.4) is 0 Å². The molecular weight excluding hydrogens is 244 g/mol. The fraction of sp³-hybridized carbons (Fsp3) is 1.00. The molecule has 0 spiro atoms. The van der Waals surface area contributed by atoms with Crippen LogP contribution in [0.25, 0.3) is 0 Å². The Bertz CT molecular complexity index is 321. The quantitative estimate of drug-likeness (QED) is 0.801. The van der Waals surface area contributed by atoms with E-state index >= 15 is 0 Å². The van der Waals surface area contributed by atoms with Gasteiger partial charge in [0.15, 0.2) is 0 Å². The Balaban J connectivity index is 1.78. The second-order valence-corrected chi connectivity index (χ2v) is 8.20. The molecule has 20 heavy (non-hydrogen) atoms. The molecule has 116 valence electrons. The van der Waals surface area contributed by atoms with Gasteiger partial charge in [0.05, 0.1) is 0 Å². The zero-order chi connectivity index (χ0) is 14.2. The molecule has 3 unspecified atom stereocenters. The van der Waals surface area contributed by atoms with E-state index in [1.165, 1.54) is 64.3 Å². The van der Waals surface area contributed by atoms with E-state index in [0.29, 0.717) is 5.54 Å². The lowest BCUT2D eigenvalue weighted by Gasteiger charge is -2.50. The molecule has 0 aliphatic heterocycles. The van der Waals surface area contributed by atoms with Gasteiger partial charge in [-0.25, -0.2) is 0 Å². The highest BCUT2D eigenvalue weighted by molar-refractivity contribution is 5.09. The molecule has 3 fully saturated rings. The van der Waals surface area contributed by atoms with Crippen LogP contribution in [-0.4, -0.2) is 29.6 Å². The molecule has 0 aromatic rings. The van der Waals surface area contributed by atoms with Gasteiger partial charge in [-0.15, -0.1) is 0 Å².